The van der Waals surface area contributed by atoms with Crippen molar-refractivity contribution >= 4 is 0 Å². The van der Waals surface area contributed by atoms with Crippen LogP contribution in [0.25, 0.3) is 0 Å². The second-order valence-corrected chi connectivity index (χ2v) is 11.6. The molecule has 0 heteroatoms. The van der Waals surface area contributed by atoms with Crippen molar-refractivity contribution in [3.63, 3.8) is 0 Å². The predicted octanol–water partition coefficient (Wildman–Crippen LogP) is 8.01. The lowest BCUT2D eigenvalue weighted by molar-refractivity contribution is 0.0722. The maximum atomic E-state index is 1.63. The van der Waals surface area contributed by atoms with Crippen molar-refractivity contribution in [2.45, 2.75) is 116 Å². The third kappa shape index (κ3) is 4.05. The molecule has 5 saturated carbocycles. The molecule has 0 radical (unpaired) electrons. The van der Waals surface area contributed by atoms with Crippen molar-refractivity contribution in [1.29, 1.82) is 0 Å². The molecule has 5 rings (SSSR count). The van der Waals surface area contributed by atoms with Crippen molar-refractivity contribution in [3.05, 3.63) is 0 Å². The van der Waals surface area contributed by atoms with Gasteiger partial charge in [0.25, 0.3) is 0 Å². The molecule has 0 spiro atoms. The fourth-order valence-corrected chi connectivity index (χ4v) is 8.84. The van der Waals surface area contributed by atoms with Gasteiger partial charge in [-0.1, -0.05) is 77.0 Å². The number of rotatable bonds is 0. The van der Waals surface area contributed by atoms with Crippen LogP contribution in [0.15, 0.2) is 0 Å². The lowest BCUT2D eigenvalue weighted by atomic mass is 9.61. The normalized spacial score (nSPS) is 49.8. The van der Waals surface area contributed by atoms with Gasteiger partial charge in [-0.15, -0.1) is 0 Å². The molecule has 8 unspecified atom stereocenters. The maximum Gasteiger partial charge on any atom is -0.0383 e. The molecule has 8 bridgehead atoms. The summed E-state index contributed by atoms with van der Waals surface area (Å²) in [5, 5.41) is 0. The Morgan fingerprint density at radius 3 is 0.808 bits per heavy atom. The summed E-state index contributed by atoms with van der Waals surface area (Å²) in [6, 6.07) is 0. The molecule has 26 heavy (non-hydrogen) atoms. The minimum absolute atomic E-state index is 1.11. The molecule has 0 aromatic carbocycles. The molecule has 0 heterocycles. The van der Waals surface area contributed by atoms with Crippen LogP contribution in [0.4, 0.5) is 0 Å². The van der Waals surface area contributed by atoms with Crippen LogP contribution in [0, 0.1) is 47.3 Å². The summed E-state index contributed by atoms with van der Waals surface area (Å²) in [5.41, 5.74) is 0. The Morgan fingerprint density at radius 2 is 0.538 bits per heavy atom. The molecule has 0 aromatic heterocycles. The first-order chi connectivity index (χ1) is 12.8. The molecule has 5 fully saturated rings. The average Bonchev–Trinajstić information content (AvgIpc) is 2.68. The zero-order chi connectivity index (χ0) is 17.3. The van der Waals surface area contributed by atoms with E-state index in [1.165, 1.54) is 0 Å². The van der Waals surface area contributed by atoms with E-state index in [9.17, 15) is 0 Å². The molecule has 0 saturated heterocycles. The van der Waals surface area contributed by atoms with Crippen molar-refractivity contribution < 1.29 is 0 Å². The molecule has 8 atom stereocenters. The van der Waals surface area contributed by atoms with Crippen molar-refractivity contribution in [3.8, 4) is 0 Å². The molecule has 0 aromatic rings. The number of fused-ring (bicyclic) bond motifs is 10. The molecular weight excluding hydrogens is 312 g/mol. The van der Waals surface area contributed by atoms with Gasteiger partial charge >= 0.3 is 0 Å². The summed E-state index contributed by atoms with van der Waals surface area (Å²) in [6.07, 6.45) is 28.7. The quantitative estimate of drug-likeness (QED) is 0.412. The van der Waals surface area contributed by atoms with Gasteiger partial charge in [-0.05, 0) is 85.9 Å². The standard InChI is InChI=1S/C26H44/c1-5-19-13-20-6-3-11-25(17-20)26-12-4-8-22(18-26)14-21-7-2-10-24(16-21)23(9-1)15-19/h19-26H,1-18H2. The minimum Gasteiger partial charge on any atom is -0.0528 e. The SMILES string of the molecule is C1CC2CC3CCCC(C3)C3CCCC(CC4CCCC(C4)C(C1)C2)C3. The van der Waals surface area contributed by atoms with Crippen molar-refractivity contribution in [2.24, 2.45) is 47.3 Å². The predicted molar refractivity (Wildman–Crippen MR) is 111 cm³/mol. The Hall–Kier alpha value is 0. The van der Waals surface area contributed by atoms with E-state index in [1.807, 2.05) is 0 Å². The third-order valence-corrected chi connectivity index (χ3v) is 9.96. The monoisotopic (exact) mass is 356 g/mol. The van der Waals surface area contributed by atoms with Crippen LogP contribution in [-0.2, 0) is 0 Å². The van der Waals surface area contributed by atoms with Crippen LogP contribution in [0.5, 0.6) is 0 Å². The number of hydrogen-bond acceptors (Lipinski definition) is 0. The summed E-state index contributed by atoms with van der Waals surface area (Å²) in [4.78, 5) is 0. The fraction of sp³-hybridized carbons (Fsp3) is 1.00. The maximum absolute atomic E-state index is 1.63. The van der Waals surface area contributed by atoms with Gasteiger partial charge in [0.05, 0.1) is 0 Å². The van der Waals surface area contributed by atoms with Crippen LogP contribution < -0.4 is 0 Å². The summed E-state index contributed by atoms with van der Waals surface area (Å²) in [6.45, 7) is 0. The molecule has 5 aliphatic carbocycles. The van der Waals surface area contributed by atoms with E-state index in [0.717, 1.165) is 47.3 Å². The largest absolute Gasteiger partial charge is 0.0528 e. The number of hydrogen-bond donors (Lipinski definition) is 0. The van der Waals surface area contributed by atoms with E-state index in [2.05, 4.69) is 0 Å². The second kappa shape index (κ2) is 8.16. The lowest BCUT2D eigenvalue weighted by Crippen LogP contribution is -2.32. The zero-order valence-corrected chi connectivity index (χ0v) is 17.3. The highest BCUT2D eigenvalue weighted by molar-refractivity contribution is 4.89. The van der Waals surface area contributed by atoms with E-state index in [0.29, 0.717) is 0 Å². The smallest absolute Gasteiger partial charge is 0.0383 e. The van der Waals surface area contributed by atoms with Gasteiger partial charge in [-0.25, -0.2) is 0 Å². The van der Waals surface area contributed by atoms with Crippen molar-refractivity contribution in [2.75, 3.05) is 0 Å². The lowest BCUT2D eigenvalue weighted by Gasteiger charge is -2.44. The summed E-state index contributed by atoms with van der Waals surface area (Å²) < 4.78 is 0. The third-order valence-electron chi connectivity index (χ3n) is 9.96. The fourth-order valence-electron chi connectivity index (χ4n) is 8.84. The van der Waals surface area contributed by atoms with Crippen molar-refractivity contribution in [1.82, 2.24) is 0 Å². The highest BCUT2D eigenvalue weighted by Crippen LogP contribution is 2.49. The Kier molecular flexibility index (Phi) is 5.67. The van der Waals surface area contributed by atoms with Crippen LogP contribution in [-0.4, -0.2) is 0 Å². The first kappa shape index (κ1) is 18.1. The van der Waals surface area contributed by atoms with E-state index >= 15 is 0 Å². The summed E-state index contributed by atoms with van der Waals surface area (Å²) in [5.74, 6) is 8.94. The van der Waals surface area contributed by atoms with Crippen LogP contribution >= 0.6 is 0 Å². The van der Waals surface area contributed by atoms with E-state index in [1.54, 1.807) is 116 Å². The van der Waals surface area contributed by atoms with Crippen LogP contribution in [0.1, 0.15) is 116 Å². The topological polar surface area (TPSA) is 0 Å². The van der Waals surface area contributed by atoms with Gasteiger partial charge in [0.15, 0.2) is 0 Å². The first-order valence-corrected chi connectivity index (χ1v) is 12.8. The molecule has 0 N–H and O–H groups in total. The summed E-state index contributed by atoms with van der Waals surface area (Å²) >= 11 is 0. The summed E-state index contributed by atoms with van der Waals surface area (Å²) in [7, 11) is 0. The Morgan fingerprint density at radius 1 is 0.269 bits per heavy atom. The average molecular weight is 357 g/mol. The second-order valence-electron chi connectivity index (χ2n) is 11.6. The molecule has 148 valence electrons. The van der Waals surface area contributed by atoms with E-state index in [-0.39, 0.29) is 0 Å². The van der Waals surface area contributed by atoms with Crippen LogP contribution in [0.3, 0.4) is 0 Å². The van der Waals surface area contributed by atoms with Gasteiger partial charge in [-0.2, -0.15) is 0 Å². The van der Waals surface area contributed by atoms with Gasteiger partial charge in [0.2, 0.25) is 0 Å². The van der Waals surface area contributed by atoms with Gasteiger partial charge < -0.3 is 0 Å². The highest BCUT2D eigenvalue weighted by Gasteiger charge is 2.37. The molecule has 0 nitrogen and oxygen atoms in total. The Balaban J connectivity index is 1.35. The van der Waals surface area contributed by atoms with E-state index < -0.39 is 0 Å². The first-order valence-electron chi connectivity index (χ1n) is 12.8. The van der Waals surface area contributed by atoms with Crippen LogP contribution in [0.2, 0.25) is 0 Å². The molecule has 5 aliphatic rings. The molecule has 0 aliphatic heterocycles. The van der Waals surface area contributed by atoms with E-state index in [4.69, 9.17) is 0 Å². The minimum atomic E-state index is 1.11. The van der Waals surface area contributed by atoms with Gasteiger partial charge in [0, 0.05) is 0 Å². The zero-order valence-electron chi connectivity index (χ0n) is 17.3. The van der Waals surface area contributed by atoms with Gasteiger partial charge in [-0.3, -0.25) is 0 Å². The molecular formula is C26H44. The highest BCUT2D eigenvalue weighted by atomic mass is 14.4. The molecule has 0 amide bonds. The van der Waals surface area contributed by atoms with Gasteiger partial charge in [0.1, 0.15) is 0 Å². The Labute approximate surface area is 163 Å². The Bertz CT molecular complexity index is 371.